The molecule has 0 radical (unpaired) electrons. The Labute approximate surface area is 195 Å². The van der Waals surface area contributed by atoms with Gasteiger partial charge in [0.05, 0.1) is 17.7 Å². The van der Waals surface area contributed by atoms with Crippen LogP contribution in [0, 0.1) is 20.8 Å². The fourth-order valence-electron chi connectivity index (χ4n) is 3.26. The van der Waals surface area contributed by atoms with Crippen LogP contribution in [0.5, 0.6) is 11.6 Å². The average Bonchev–Trinajstić information content (AvgIpc) is 3.12. The molecule has 5 nitrogen and oxygen atoms in total. The van der Waals surface area contributed by atoms with Crippen molar-refractivity contribution in [3.05, 3.63) is 75.9 Å². The second kappa shape index (κ2) is 9.71. The van der Waals surface area contributed by atoms with Gasteiger partial charge >= 0.3 is 5.97 Å². The van der Waals surface area contributed by atoms with Crippen molar-refractivity contribution in [3.8, 4) is 11.6 Å². The molecule has 0 amide bonds. The van der Waals surface area contributed by atoms with E-state index in [-0.39, 0.29) is 5.97 Å². The first kappa shape index (κ1) is 22.3. The smallest absolute Gasteiger partial charge is 0.348 e. The first-order chi connectivity index (χ1) is 15.5. The Kier molecular flexibility index (Phi) is 6.77. The zero-order valence-corrected chi connectivity index (χ0v) is 20.1. The van der Waals surface area contributed by atoms with Gasteiger partial charge < -0.3 is 9.47 Å². The van der Waals surface area contributed by atoms with E-state index in [0.29, 0.717) is 28.9 Å². The minimum absolute atomic E-state index is 0.322. The molecule has 0 aliphatic heterocycles. The summed E-state index contributed by atoms with van der Waals surface area (Å²) in [5.41, 5.74) is 2.90. The molecule has 0 N–H and O–H groups in total. The van der Waals surface area contributed by atoms with Crippen molar-refractivity contribution in [2.45, 2.75) is 38.3 Å². The van der Waals surface area contributed by atoms with Gasteiger partial charge in [0.1, 0.15) is 21.3 Å². The minimum atomic E-state index is -0.342. The second-order valence-corrected chi connectivity index (χ2v) is 9.42. The Hall–Kier alpha value is -2.90. The molecule has 0 bridgehead atoms. The lowest BCUT2D eigenvalue weighted by atomic mass is 10.1. The number of aryl methyl sites for hydroxylation is 3. The summed E-state index contributed by atoms with van der Waals surface area (Å²) < 4.78 is 11.6. The van der Waals surface area contributed by atoms with E-state index in [0.717, 1.165) is 37.6 Å². The summed E-state index contributed by atoms with van der Waals surface area (Å²) in [6, 6.07) is 16.2. The summed E-state index contributed by atoms with van der Waals surface area (Å²) in [4.78, 5) is 24.4. The van der Waals surface area contributed by atoms with Crippen LogP contribution < -0.4 is 4.74 Å². The first-order valence-corrected chi connectivity index (χ1v) is 12.2. The van der Waals surface area contributed by atoms with Crippen LogP contribution in [0.2, 0.25) is 0 Å². The van der Waals surface area contributed by atoms with Crippen molar-refractivity contribution in [3.63, 3.8) is 0 Å². The van der Waals surface area contributed by atoms with Crippen LogP contribution in [-0.2, 0) is 10.5 Å². The van der Waals surface area contributed by atoms with Gasteiger partial charge in [-0.1, -0.05) is 30.3 Å². The summed E-state index contributed by atoms with van der Waals surface area (Å²) in [6.45, 7) is 8.04. The van der Waals surface area contributed by atoms with Gasteiger partial charge in [-0.05, 0) is 62.6 Å². The summed E-state index contributed by atoms with van der Waals surface area (Å²) in [5, 5.41) is 0.757. The van der Waals surface area contributed by atoms with Crippen molar-refractivity contribution in [2.24, 2.45) is 0 Å². The van der Waals surface area contributed by atoms with E-state index in [4.69, 9.17) is 19.4 Å². The Morgan fingerprint density at radius 3 is 2.59 bits per heavy atom. The fraction of sp³-hybridized carbons (Fsp3) is 0.240. The van der Waals surface area contributed by atoms with Crippen molar-refractivity contribution in [1.82, 2.24) is 9.97 Å². The number of hydrogen-bond acceptors (Lipinski definition) is 7. The van der Waals surface area contributed by atoms with Crippen LogP contribution in [0.3, 0.4) is 0 Å². The quantitative estimate of drug-likeness (QED) is 0.219. The zero-order chi connectivity index (χ0) is 22.7. The minimum Gasteiger partial charge on any atom is -0.462 e. The summed E-state index contributed by atoms with van der Waals surface area (Å²) in [5.74, 6) is 2.12. The van der Waals surface area contributed by atoms with Crippen molar-refractivity contribution >= 4 is 39.3 Å². The normalized spacial score (nSPS) is 11.0. The van der Waals surface area contributed by atoms with Gasteiger partial charge in [-0.15, -0.1) is 23.1 Å². The van der Waals surface area contributed by atoms with Crippen LogP contribution in [-0.4, -0.2) is 22.5 Å². The van der Waals surface area contributed by atoms with Gasteiger partial charge in [0.25, 0.3) is 0 Å². The molecule has 2 heterocycles. The second-order valence-electron chi connectivity index (χ2n) is 7.37. The number of rotatable bonds is 7. The van der Waals surface area contributed by atoms with E-state index in [1.165, 1.54) is 11.3 Å². The highest BCUT2D eigenvalue weighted by Crippen LogP contribution is 2.38. The largest absolute Gasteiger partial charge is 0.462 e. The third-order valence-electron chi connectivity index (χ3n) is 4.93. The van der Waals surface area contributed by atoms with Crippen LogP contribution in [0.1, 0.15) is 39.1 Å². The molecule has 0 saturated carbocycles. The van der Waals surface area contributed by atoms with E-state index in [1.54, 1.807) is 18.7 Å². The Morgan fingerprint density at radius 1 is 1.06 bits per heavy atom. The van der Waals surface area contributed by atoms with Gasteiger partial charge in [-0.2, -0.15) is 4.98 Å². The van der Waals surface area contributed by atoms with Crippen LogP contribution in [0.15, 0.2) is 53.4 Å². The number of aromatic nitrogens is 2. The number of carbonyl (C=O) groups is 1. The standard InChI is InChI=1S/C25H24N2O3S2/c1-5-29-25(28)22-17(4)21-23(30-19-13-15(2)11-12-16(19)3)26-20(27-24(21)32-22)14-31-18-9-7-6-8-10-18/h6-13H,5,14H2,1-4H3. The van der Waals surface area contributed by atoms with Crippen molar-refractivity contribution in [2.75, 3.05) is 6.61 Å². The maximum atomic E-state index is 12.5. The van der Waals surface area contributed by atoms with E-state index in [2.05, 4.69) is 12.1 Å². The zero-order valence-electron chi connectivity index (χ0n) is 18.5. The van der Waals surface area contributed by atoms with Gasteiger partial charge in [-0.3, -0.25) is 0 Å². The molecule has 0 spiro atoms. The SMILES string of the molecule is CCOC(=O)c1sc2nc(CSc3ccccc3)nc(Oc3cc(C)ccc3C)c2c1C. The molecule has 0 aliphatic carbocycles. The highest BCUT2D eigenvalue weighted by atomic mass is 32.2. The Bertz CT molecular complexity index is 1270. The molecular weight excluding hydrogens is 440 g/mol. The Balaban J connectivity index is 1.78. The summed E-state index contributed by atoms with van der Waals surface area (Å²) >= 11 is 2.99. The molecule has 0 atom stereocenters. The third-order valence-corrected chi connectivity index (χ3v) is 7.10. The molecule has 2 aromatic heterocycles. The lowest BCUT2D eigenvalue weighted by Gasteiger charge is -2.11. The molecule has 7 heteroatoms. The molecule has 32 heavy (non-hydrogen) atoms. The number of carbonyl (C=O) groups excluding carboxylic acids is 1. The van der Waals surface area contributed by atoms with Crippen LogP contribution >= 0.6 is 23.1 Å². The highest BCUT2D eigenvalue weighted by molar-refractivity contribution is 7.98. The molecule has 2 aromatic carbocycles. The molecule has 4 rings (SSSR count). The number of fused-ring (bicyclic) bond motifs is 1. The van der Waals surface area contributed by atoms with Crippen molar-refractivity contribution < 1.29 is 14.3 Å². The number of esters is 1. The summed E-state index contributed by atoms with van der Waals surface area (Å²) in [6.07, 6.45) is 0. The van der Waals surface area contributed by atoms with Gasteiger partial charge in [0.15, 0.2) is 0 Å². The lowest BCUT2D eigenvalue weighted by Crippen LogP contribution is -2.03. The van der Waals surface area contributed by atoms with E-state index >= 15 is 0 Å². The van der Waals surface area contributed by atoms with Crippen molar-refractivity contribution in [1.29, 1.82) is 0 Å². The van der Waals surface area contributed by atoms with E-state index in [9.17, 15) is 4.79 Å². The average molecular weight is 465 g/mol. The van der Waals surface area contributed by atoms with Crippen LogP contribution in [0.4, 0.5) is 0 Å². The van der Waals surface area contributed by atoms with E-state index in [1.807, 2.05) is 57.2 Å². The predicted octanol–water partition coefficient (Wildman–Crippen LogP) is 6.88. The first-order valence-electron chi connectivity index (χ1n) is 10.4. The number of ether oxygens (including phenoxy) is 2. The van der Waals surface area contributed by atoms with Gasteiger partial charge in [0.2, 0.25) is 5.88 Å². The van der Waals surface area contributed by atoms with E-state index < -0.39 is 0 Å². The molecule has 0 saturated heterocycles. The number of thioether (sulfide) groups is 1. The van der Waals surface area contributed by atoms with Crippen LogP contribution in [0.25, 0.3) is 10.2 Å². The maximum Gasteiger partial charge on any atom is 0.348 e. The maximum absolute atomic E-state index is 12.5. The molecule has 164 valence electrons. The monoisotopic (exact) mass is 464 g/mol. The highest BCUT2D eigenvalue weighted by Gasteiger charge is 2.23. The third kappa shape index (κ3) is 4.79. The number of nitrogens with zero attached hydrogens (tertiary/aromatic N) is 2. The topological polar surface area (TPSA) is 61.3 Å². The fourth-order valence-corrected chi connectivity index (χ4v) is 5.12. The predicted molar refractivity (Wildman–Crippen MR) is 130 cm³/mol. The number of hydrogen-bond donors (Lipinski definition) is 0. The summed E-state index contributed by atoms with van der Waals surface area (Å²) in [7, 11) is 0. The molecule has 0 unspecified atom stereocenters. The van der Waals surface area contributed by atoms with Gasteiger partial charge in [0, 0.05) is 4.90 Å². The number of benzene rings is 2. The molecule has 0 aliphatic rings. The molecular formula is C25H24N2O3S2. The Morgan fingerprint density at radius 2 is 1.84 bits per heavy atom. The van der Waals surface area contributed by atoms with Gasteiger partial charge in [-0.25, -0.2) is 9.78 Å². The molecule has 4 aromatic rings. The lowest BCUT2D eigenvalue weighted by molar-refractivity contribution is 0.0531. The molecule has 0 fully saturated rings. The number of thiophene rings is 1.